The van der Waals surface area contributed by atoms with Gasteiger partial charge in [0.15, 0.2) is 0 Å². The predicted octanol–water partition coefficient (Wildman–Crippen LogP) is 1.51. The molecule has 3 heterocycles. The maximum Gasteiger partial charge on any atom is 0.255 e. The molecule has 134 valence electrons. The van der Waals surface area contributed by atoms with Crippen LogP contribution >= 0.6 is 0 Å². The summed E-state index contributed by atoms with van der Waals surface area (Å²) in [6, 6.07) is 3.86. The fourth-order valence-corrected chi connectivity index (χ4v) is 4.29. The normalized spacial score (nSPS) is 25.5. The van der Waals surface area contributed by atoms with Crippen LogP contribution in [0.2, 0.25) is 0 Å². The number of nitrogens with one attached hydrogen (secondary N) is 2. The fourth-order valence-electron chi connectivity index (χ4n) is 4.29. The van der Waals surface area contributed by atoms with Gasteiger partial charge in [0.2, 0.25) is 0 Å². The number of amides is 1. The Morgan fingerprint density at radius 3 is 2.84 bits per heavy atom. The molecule has 0 radical (unpaired) electrons. The number of carbonyl (C=O) groups is 1. The van der Waals surface area contributed by atoms with Gasteiger partial charge < -0.3 is 20.1 Å². The third-order valence-corrected chi connectivity index (χ3v) is 5.69. The van der Waals surface area contributed by atoms with Gasteiger partial charge in [-0.05, 0) is 69.7 Å². The fraction of sp³-hybridized carbons (Fsp3) is 0.579. The number of pyridine rings is 1. The average Bonchev–Trinajstić information content (AvgIpc) is 2.98. The summed E-state index contributed by atoms with van der Waals surface area (Å²) >= 11 is 0. The molecule has 0 spiro atoms. The molecule has 2 aliphatic rings. The van der Waals surface area contributed by atoms with E-state index in [-0.39, 0.29) is 18.1 Å². The largest absolute Gasteiger partial charge is 0.393 e. The van der Waals surface area contributed by atoms with Crippen LogP contribution in [0.4, 0.5) is 0 Å². The monoisotopic (exact) mass is 342 g/mol. The van der Waals surface area contributed by atoms with Crippen LogP contribution < -0.4 is 10.6 Å². The van der Waals surface area contributed by atoms with E-state index in [0.717, 1.165) is 44.5 Å². The van der Waals surface area contributed by atoms with Gasteiger partial charge in [0, 0.05) is 18.4 Å². The van der Waals surface area contributed by atoms with Crippen LogP contribution in [0.25, 0.3) is 5.65 Å². The maximum absolute atomic E-state index is 13.0. The van der Waals surface area contributed by atoms with E-state index in [4.69, 9.17) is 0 Å². The van der Waals surface area contributed by atoms with Crippen molar-refractivity contribution in [3.63, 3.8) is 0 Å². The van der Waals surface area contributed by atoms with Crippen molar-refractivity contribution >= 4 is 11.6 Å². The number of fused-ring (bicyclic) bond motifs is 1. The quantitative estimate of drug-likeness (QED) is 0.787. The number of hydrogen-bond donors (Lipinski definition) is 3. The van der Waals surface area contributed by atoms with Crippen molar-refractivity contribution in [2.24, 2.45) is 11.8 Å². The molecule has 6 heteroatoms. The van der Waals surface area contributed by atoms with Crippen LogP contribution in [0.3, 0.4) is 0 Å². The number of nitrogens with zero attached hydrogens (tertiary/aromatic N) is 2. The van der Waals surface area contributed by atoms with Crippen molar-refractivity contribution in [2.75, 3.05) is 13.1 Å². The molecule has 1 atom stereocenters. The molecule has 1 amide bonds. The highest BCUT2D eigenvalue weighted by Crippen LogP contribution is 2.36. The van der Waals surface area contributed by atoms with Crippen molar-refractivity contribution in [1.29, 1.82) is 0 Å². The zero-order chi connectivity index (χ0) is 17.4. The predicted molar refractivity (Wildman–Crippen MR) is 95.5 cm³/mol. The lowest BCUT2D eigenvalue weighted by Gasteiger charge is -2.43. The molecule has 1 saturated carbocycles. The summed E-state index contributed by atoms with van der Waals surface area (Å²) in [6.45, 7) is 3.94. The Labute approximate surface area is 147 Å². The van der Waals surface area contributed by atoms with Crippen molar-refractivity contribution in [2.45, 2.75) is 44.8 Å². The van der Waals surface area contributed by atoms with Crippen LogP contribution in [-0.4, -0.2) is 45.6 Å². The van der Waals surface area contributed by atoms with Gasteiger partial charge >= 0.3 is 0 Å². The first kappa shape index (κ1) is 16.5. The van der Waals surface area contributed by atoms with Gasteiger partial charge in [-0.1, -0.05) is 0 Å². The second kappa shape index (κ2) is 6.77. The number of imidazole rings is 1. The lowest BCUT2D eigenvalue weighted by Crippen LogP contribution is -2.52. The van der Waals surface area contributed by atoms with Gasteiger partial charge in [0.05, 0.1) is 17.4 Å². The molecule has 0 aromatic carbocycles. The second-order valence-corrected chi connectivity index (χ2v) is 7.51. The third kappa shape index (κ3) is 3.28. The van der Waals surface area contributed by atoms with Gasteiger partial charge in [-0.3, -0.25) is 4.79 Å². The average molecular weight is 342 g/mol. The number of aliphatic hydroxyl groups excluding tert-OH is 1. The Balaban J connectivity index is 1.56. The lowest BCUT2D eigenvalue weighted by atomic mass is 9.71. The van der Waals surface area contributed by atoms with Crippen LogP contribution in [0.5, 0.6) is 0 Å². The Kier molecular flexibility index (Phi) is 4.48. The lowest BCUT2D eigenvalue weighted by molar-refractivity contribution is 0.00920. The van der Waals surface area contributed by atoms with E-state index in [9.17, 15) is 9.90 Å². The second-order valence-electron chi connectivity index (χ2n) is 7.51. The zero-order valence-electron chi connectivity index (χ0n) is 14.6. The molecule has 2 aromatic rings. The molecule has 25 heavy (non-hydrogen) atoms. The first-order valence-electron chi connectivity index (χ1n) is 9.26. The molecule has 1 unspecified atom stereocenters. The summed E-state index contributed by atoms with van der Waals surface area (Å²) in [5.41, 5.74) is 2.22. The molecular weight excluding hydrogens is 316 g/mol. The Morgan fingerprint density at radius 1 is 1.36 bits per heavy atom. The molecule has 3 N–H and O–H groups in total. The summed E-state index contributed by atoms with van der Waals surface area (Å²) in [5, 5.41) is 16.4. The Hall–Kier alpha value is -1.92. The van der Waals surface area contributed by atoms with Gasteiger partial charge in [0.1, 0.15) is 5.65 Å². The first-order valence-corrected chi connectivity index (χ1v) is 9.26. The molecule has 4 rings (SSSR count). The third-order valence-electron chi connectivity index (χ3n) is 5.69. The van der Waals surface area contributed by atoms with E-state index in [0.29, 0.717) is 23.0 Å². The van der Waals surface area contributed by atoms with Gasteiger partial charge in [-0.25, -0.2) is 4.98 Å². The molecular formula is C19H26N4O2. The van der Waals surface area contributed by atoms with E-state index < -0.39 is 0 Å². The zero-order valence-corrected chi connectivity index (χ0v) is 14.6. The van der Waals surface area contributed by atoms with Crippen molar-refractivity contribution in [3.05, 3.63) is 35.8 Å². The number of aliphatic hydroxyl groups is 1. The van der Waals surface area contributed by atoms with Crippen molar-refractivity contribution < 1.29 is 9.90 Å². The maximum atomic E-state index is 13.0. The minimum atomic E-state index is -0.204. The molecule has 0 bridgehead atoms. The highest BCUT2D eigenvalue weighted by atomic mass is 16.3. The van der Waals surface area contributed by atoms with E-state index in [2.05, 4.69) is 15.6 Å². The number of aryl methyl sites for hydroxylation is 1. The summed E-state index contributed by atoms with van der Waals surface area (Å²) in [5.74, 6) is 0.799. The molecule has 1 aliphatic carbocycles. The number of carbonyl (C=O) groups excluding carboxylic acids is 1. The van der Waals surface area contributed by atoms with Crippen LogP contribution in [-0.2, 0) is 0 Å². The van der Waals surface area contributed by atoms with Crippen LogP contribution in [0.1, 0.15) is 41.7 Å². The summed E-state index contributed by atoms with van der Waals surface area (Å²) in [7, 11) is 0. The number of rotatable bonds is 4. The van der Waals surface area contributed by atoms with Gasteiger partial charge in [-0.15, -0.1) is 0 Å². The molecule has 2 aromatic heterocycles. The molecule has 6 nitrogen and oxygen atoms in total. The number of piperidine rings is 1. The Morgan fingerprint density at radius 2 is 2.12 bits per heavy atom. The first-order chi connectivity index (χ1) is 12.1. The smallest absolute Gasteiger partial charge is 0.255 e. The van der Waals surface area contributed by atoms with E-state index in [1.165, 1.54) is 0 Å². The molecule has 1 aliphatic heterocycles. The summed E-state index contributed by atoms with van der Waals surface area (Å²) < 4.78 is 1.90. The SMILES string of the molecule is Cc1cn2cccc(C(=O)NC(C3CCNCC3)C3CC(O)C3)c2n1. The van der Waals surface area contributed by atoms with Gasteiger partial charge in [-0.2, -0.15) is 0 Å². The van der Waals surface area contributed by atoms with E-state index in [1.807, 2.05) is 35.9 Å². The summed E-state index contributed by atoms with van der Waals surface area (Å²) in [6.07, 6.45) is 7.37. The highest BCUT2D eigenvalue weighted by molar-refractivity contribution is 6.00. The van der Waals surface area contributed by atoms with Crippen molar-refractivity contribution in [1.82, 2.24) is 20.0 Å². The van der Waals surface area contributed by atoms with Crippen LogP contribution in [0.15, 0.2) is 24.5 Å². The molecule has 1 saturated heterocycles. The number of hydrogen-bond acceptors (Lipinski definition) is 4. The highest BCUT2D eigenvalue weighted by Gasteiger charge is 2.39. The van der Waals surface area contributed by atoms with Crippen LogP contribution in [0, 0.1) is 18.8 Å². The van der Waals surface area contributed by atoms with Gasteiger partial charge in [0.25, 0.3) is 5.91 Å². The van der Waals surface area contributed by atoms with E-state index >= 15 is 0 Å². The standard InChI is InChI=1S/C19H26N4O2/c1-12-11-23-8-2-3-16(18(23)21-12)19(25)22-17(14-9-15(24)10-14)13-4-6-20-7-5-13/h2-3,8,11,13-15,17,20,24H,4-7,9-10H2,1H3,(H,22,25). The van der Waals surface area contributed by atoms with E-state index in [1.54, 1.807) is 0 Å². The number of aromatic nitrogens is 2. The minimum Gasteiger partial charge on any atom is -0.393 e. The summed E-state index contributed by atoms with van der Waals surface area (Å²) in [4.78, 5) is 17.5. The topological polar surface area (TPSA) is 78.7 Å². The molecule has 2 fully saturated rings. The Bertz CT molecular complexity index is 760. The minimum absolute atomic E-state index is 0.0545. The van der Waals surface area contributed by atoms with Crippen molar-refractivity contribution in [3.8, 4) is 0 Å².